The summed E-state index contributed by atoms with van der Waals surface area (Å²) in [5.74, 6) is 0.519. The number of carbonyl (C=O) groups excluding carboxylic acids is 1. The molecule has 0 atom stereocenters. The molecule has 0 saturated carbocycles. The number of nitrogens with zero attached hydrogens (tertiary/aromatic N) is 4. The Bertz CT molecular complexity index is 1160. The van der Waals surface area contributed by atoms with E-state index in [1.165, 1.54) is 13.0 Å². The van der Waals surface area contributed by atoms with Gasteiger partial charge in [0.2, 0.25) is 0 Å². The van der Waals surface area contributed by atoms with Crippen LogP contribution >= 0.6 is 0 Å². The molecule has 1 aromatic carbocycles. The normalized spacial score (nSPS) is 17.1. The third-order valence-corrected chi connectivity index (χ3v) is 5.85. The van der Waals surface area contributed by atoms with Crippen LogP contribution in [-0.2, 0) is 23.8 Å². The molecule has 156 valence electrons. The molecule has 5 rings (SSSR count). The minimum atomic E-state index is -4.44. The number of halogens is 3. The van der Waals surface area contributed by atoms with Crippen molar-refractivity contribution in [2.75, 3.05) is 31.2 Å². The predicted octanol–water partition coefficient (Wildman–Crippen LogP) is 3.22. The average Bonchev–Trinajstić information content (AvgIpc) is 3.01. The minimum Gasteiger partial charge on any atom is -0.378 e. The van der Waals surface area contributed by atoms with E-state index in [4.69, 9.17) is 4.74 Å². The van der Waals surface area contributed by atoms with E-state index in [0.29, 0.717) is 48.8 Å². The van der Waals surface area contributed by atoms with E-state index in [2.05, 4.69) is 15.0 Å². The van der Waals surface area contributed by atoms with E-state index < -0.39 is 11.7 Å². The molecule has 0 amide bonds. The van der Waals surface area contributed by atoms with Gasteiger partial charge in [0.15, 0.2) is 11.4 Å². The number of morpholine rings is 1. The third kappa shape index (κ3) is 3.04. The Hall–Kier alpha value is -2.94. The molecule has 30 heavy (non-hydrogen) atoms. The summed E-state index contributed by atoms with van der Waals surface area (Å²) >= 11 is 0. The van der Waals surface area contributed by atoms with Crippen molar-refractivity contribution in [1.29, 1.82) is 0 Å². The summed E-state index contributed by atoms with van der Waals surface area (Å²) in [4.78, 5) is 19.4. The first-order valence-corrected chi connectivity index (χ1v) is 9.76. The highest BCUT2D eigenvalue weighted by Crippen LogP contribution is 2.36. The number of alkyl halides is 3. The highest BCUT2D eigenvalue weighted by molar-refractivity contribution is 5.98. The molecule has 1 aliphatic heterocycles. The maximum atomic E-state index is 13.4. The number of hydrogen-bond donors (Lipinski definition) is 0. The van der Waals surface area contributed by atoms with Gasteiger partial charge in [-0.3, -0.25) is 4.79 Å². The van der Waals surface area contributed by atoms with Crippen LogP contribution in [0.5, 0.6) is 0 Å². The van der Waals surface area contributed by atoms with Crippen molar-refractivity contribution in [3.05, 3.63) is 57.9 Å². The lowest BCUT2D eigenvalue weighted by molar-refractivity contribution is -0.138. The second-order valence-electron chi connectivity index (χ2n) is 7.62. The summed E-state index contributed by atoms with van der Waals surface area (Å²) in [6.45, 7) is 4.07. The smallest absolute Gasteiger partial charge is 0.378 e. The standard InChI is InChI=1S/C21H19F3N4O2/c1-12-14-11-16-20(17(29)10-13(14)2-3-15(12)21(22,23)24)25-18-4-5-19(26-28(16)18)27-6-8-30-9-7-27/h2-5H,6-11H2,1H3. The lowest BCUT2D eigenvalue weighted by Crippen LogP contribution is -2.37. The van der Waals surface area contributed by atoms with Gasteiger partial charge in [-0.2, -0.15) is 13.2 Å². The van der Waals surface area contributed by atoms with Crippen LogP contribution in [0.25, 0.3) is 5.65 Å². The summed E-state index contributed by atoms with van der Waals surface area (Å²) in [5.41, 5.74) is 1.95. The monoisotopic (exact) mass is 416 g/mol. The molecule has 1 aliphatic carbocycles. The summed E-state index contributed by atoms with van der Waals surface area (Å²) in [7, 11) is 0. The molecule has 2 aromatic heterocycles. The van der Waals surface area contributed by atoms with E-state index in [1.54, 1.807) is 10.6 Å². The molecule has 2 aliphatic rings. The number of Topliss-reactive ketones (excluding diaryl/α,β-unsaturated/α-hetero) is 1. The Balaban J connectivity index is 1.65. The molecular weight excluding hydrogens is 397 g/mol. The van der Waals surface area contributed by atoms with Gasteiger partial charge < -0.3 is 9.64 Å². The molecule has 1 saturated heterocycles. The molecule has 1 fully saturated rings. The van der Waals surface area contributed by atoms with Crippen LogP contribution in [0.4, 0.5) is 19.0 Å². The van der Waals surface area contributed by atoms with Crippen molar-refractivity contribution in [3.63, 3.8) is 0 Å². The SMILES string of the molecule is Cc1c(C(F)(F)F)ccc2c1Cc1c(nc3ccc(N4CCOCC4)nn13)C(=O)C2. The Kier molecular flexibility index (Phi) is 4.32. The molecule has 0 spiro atoms. The summed E-state index contributed by atoms with van der Waals surface area (Å²) < 4.78 is 47.3. The third-order valence-electron chi connectivity index (χ3n) is 5.85. The van der Waals surface area contributed by atoms with Crippen molar-refractivity contribution in [3.8, 4) is 0 Å². The number of fused-ring (bicyclic) bond motifs is 4. The number of hydrogen-bond acceptors (Lipinski definition) is 5. The second-order valence-corrected chi connectivity index (χ2v) is 7.62. The molecule has 6 nitrogen and oxygen atoms in total. The average molecular weight is 416 g/mol. The lowest BCUT2D eigenvalue weighted by atomic mass is 9.93. The van der Waals surface area contributed by atoms with E-state index in [0.717, 1.165) is 11.9 Å². The van der Waals surface area contributed by atoms with E-state index >= 15 is 0 Å². The summed E-state index contributed by atoms with van der Waals surface area (Å²) in [6.07, 6.45) is -4.24. The maximum absolute atomic E-state index is 13.4. The van der Waals surface area contributed by atoms with E-state index in [9.17, 15) is 18.0 Å². The topological polar surface area (TPSA) is 59.7 Å². The zero-order chi connectivity index (χ0) is 21.0. The fraction of sp³-hybridized carbons (Fsp3) is 0.381. The molecular formula is C21H19F3N4O2. The van der Waals surface area contributed by atoms with Crippen LogP contribution in [-0.4, -0.2) is 46.7 Å². The Morgan fingerprint density at radius 3 is 2.57 bits per heavy atom. The Morgan fingerprint density at radius 2 is 1.83 bits per heavy atom. The molecule has 9 heteroatoms. The zero-order valence-corrected chi connectivity index (χ0v) is 16.3. The van der Waals surface area contributed by atoms with Crippen molar-refractivity contribution in [1.82, 2.24) is 14.6 Å². The number of benzene rings is 1. The number of rotatable bonds is 1. The van der Waals surface area contributed by atoms with Crippen LogP contribution in [0.15, 0.2) is 24.3 Å². The number of imidazole rings is 1. The molecule has 3 aromatic rings. The number of carbonyl (C=O) groups is 1. The quantitative estimate of drug-likeness (QED) is 0.610. The zero-order valence-electron chi connectivity index (χ0n) is 16.3. The molecule has 0 unspecified atom stereocenters. The lowest BCUT2D eigenvalue weighted by Gasteiger charge is -2.27. The molecule has 3 heterocycles. The van der Waals surface area contributed by atoms with Gasteiger partial charge in [-0.1, -0.05) is 6.07 Å². The number of anilines is 1. The Labute approximate surface area is 170 Å². The van der Waals surface area contributed by atoms with Gasteiger partial charge in [-0.15, -0.1) is 5.10 Å². The van der Waals surface area contributed by atoms with Crippen molar-refractivity contribution in [2.45, 2.75) is 25.9 Å². The first-order valence-electron chi connectivity index (χ1n) is 9.76. The van der Waals surface area contributed by atoms with Gasteiger partial charge in [0.1, 0.15) is 11.5 Å². The number of ketones is 1. The highest BCUT2D eigenvalue weighted by atomic mass is 19.4. The van der Waals surface area contributed by atoms with Crippen molar-refractivity contribution >= 4 is 17.2 Å². The van der Waals surface area contributed by atoms with Crippen LogP contribution in [0.2, 0.25) is 0 Å². The van der Waals surface area contributed by atoms with E-state index in [1.807, 2.05) is 6.07 Å². The van der Waals surface area contributed by atoms with Gasteiger partial charge in [-0.05, 0) is 41.8 Å². The van der Waals surface area contributed by atoms with Crippen molar-refractivity contribution < 1.29 is 22.7 Å². The minimum absolute atomic E-state index is 0.0293. The summed E-state index contributed by atoms with van der Waals surface area (Å²) in [5, 5.41) is 4.67. The maximum Gasteiger partial charge on any atom is 0.416 e. The fourth-order valence-corrected chi connectivity index (χ4v) is 4.27. The van der Waals surface area contributed by atoms with Crippen LogP contribution < -0.4 is 4.90 Å². The second kappa shape index (κ2) is 6.80. The van der Waals surface area contributed by atoms with Crippen LogP contribution in [0.1, 0.15) is 38.4 Å². The number of ether oxygens (including phenoxy) is 1. The summed E-state index contributed by atoms with van der Waals surface area (Å²) in [6, 6.07) is 6.11. The predicted molar refractivity (Wildman–Crippen MR) is 103 cm³/mol. The fourth-order valence-electron chi connectivity index (χ4n) is 4.27. The number of aromatic nitrogens is 3. The largest absolute Gasteiger partial charge is 0.416 e. The highest BCUT2D eigenvalue weighted by Gasteiger charge is 2.35. The molecule has 0 N–H and O–H groups in total. The first-order chi connectivity index (χ1) is 14.3. The van der Waals surface area contributed by atoms with Gasteiger partial charge in [0.05, 0.1) is 24.5 Å². The van der Waals surface area contributed by atoms with Gasteiger partial charge in [0.25, 0.3) is 0 Å². The van der Waals surface area contributed by atoms with Gasteiger partial charge >= 0.3 is 6.18 Å². The first kappa shape index (κ1) is 19.0. The van der Waals surface area contributed by atoms with Gasteiger partial charge in [0, 0.05) is 25.9 Å². The van der Waals surface area contributed by atoms with Gasteiger partial charge in [-0.25, -0.2) is 9.50 Å². The molecule has 0 bridgehead atoms. The molecule has 0 radical (unpaired) electrons. The Morgan fingerprint density at radius 1 is 1.07 bits per heavy atom. The van der Waals surface area contributed by atoms with Crippen molar-refractivity contribution in [2.24, 2.45) is 0 Å². The van der Waals surface area contributed by atoms with E-state index in [-0.39, 0.29) is 29.9 Å². The van der Waals surface area contributed by atoms with Crippen LogP contribution in [0, 0.1) is 6.92 Å². The van der Waals surface area contributed by atoms with Crippen LogP contribution in [0.3, 0.4) is 0 Å².